The SMILES string of the molecule is CCCC(C)CN1C(=O)C(=O)c2ccc(Br)cc21. The van der Waals surface area contributed by atoms with E-state index in [1.165, 1.54) is 0 Å². The fraction of sp³-hybridized carbons (Fsp3) is 0.429. The fourth-order valence-electron chi connectivity index (χ4n) is 2.34. The molecule has 1 aliphatic rings. The van der Waals surface area contributed by atoms with Crippen LogP contribution in [-0.2, 0) is 4.79 Å². The highest BCUT2D eigenvalue weighted by molar-refractivity contribution is 9.10. The zero-order valence-corrected chi connectivity index (χ0v) is 12.2. The summed E-state index contributed by atoms with van der Waals surface area (Å²) >= 11 is 3.38. The molecule has 0 N–H and O–H groups in total. The number of halogens is 1. The molecule has 0 radical (unpaired) electrons. The van der Waals surface area contributed by atoms with Crippen LogP contribution >= 0.6 is 15.9 Å². The summed E-state index contributed by atoms with van der Waals surface area (Å²) in [5.74, 6) is -0.385. The number of anilines is 1. The van der Waals surface area contributed by atoms with Gasteiger partial charge in [-0.25, -0.2) is 0 Å². The summed E-state index contributed by atoms with van der Waals surface area (Å²) in [5, 5.41) is 0. The van der Waals surface area contributed by atoms with Crippen LogP contribution in [0.3, 0.4) is 0 Å². The maximum Gasteiger partial charge on any atom is 0.299 e. The lowest BCUT2D eigenvalue weighted by atomic mass is 10.1. The summed E-state index contributed by atoms with van der Waals surface area (Å²) in [6.45, 7) is 4.84. The Morgan fingerprint density at radius 2 is 2.06 bits per heavy atom. The van der Waals surface area contributed by atoms with Gasteiger partial charge in [0.1, 0.15) is 0 Å². The van der Waals surface area contributed by atoms with Crippen molar-refractivity contribution in [2.45, 2.75) is 26.7 Å². The van der Waals surface area contributed by atoms with Crippen molar-refractivity contribution < 1.29 is 9.59 Å². The Morgan fingerprint density at radius 1 is 1.33 bits per heavy atom. The van der Waals surface area contributed by atoms with Crippen LogP contribution in [0.4, 0.5) is 5.69 Å². The molecule has 1 heterocycles. The number of fused-ring (bicyclic) bond motifs is 1. The van der Waals surface area contributed by atoms with Crippen LogP contribution in [0.15, 0.2) is 22.7 Å². The number of hydrogen-bond donors (Lipinski definition) is 0. The molecule has 0 saturated heterocycles. The predicted molar refractivity (Wildman–Crippen MR) is 74.9 cm³/mol. The van der Waals surface area contributed by atoms with Crippen LogP contribution in [0.1, 0.15) is 37.0 Å². The Labute approximate surface area is 115 Å². The molecule has 0 aromatic heterocycles. The van der Waals surface area contributed by atoms with Crippen molar-refractivity contribution in [3.05, 3.63) is 28.2 Å². The van der Waals surface area contributed by atoms with Crippen LogP contribution in [0.25, 0.3) is 0 Å². The molecule has 1 atom stereocenters. The average molecular weight is 310 g/mol. The van der Waals surface area contributed by atoms with Crippen molar-refractivity contribution in [1.82, 2.24) is 0 Å². The number of carbonyl (C=O) groups excluding carboxylic acids is 2. The first-order valence-electron chi connectivity index (χ1n) is 6.20. The molecule has 2 rings (SSSR count). The normalized spacial score (nSPS) is 16.1. The summed E-state index contributed by atoms with van der Waals surface area (Å²) in [5.41, 5.74) is 1.26. The highest BCUT2D eigenvalue weighted by Crippen LogP contribution is 2.32. The molecule has 1 amide bonds. The van der Waals surface area contributed by atoms with E-state index >= 15 is 0 Å². The van der Waals surface area contributed by atoms with Crippen molar-refractivity contribution in [3.63, 3.8) is 0 Å². The number of amides is 1. The first kappa shape index (κ1) is 13.3. The summed E-state index contributed by atoms with van der Waals surface area (Å²) in [7, 11) is 0. The lowest BCUT2D eigenvalue weighted by Crippen LogP contribution is -2.33. The van der Waals surface area contributed by atoms with Crippen molar-refractivity contribution >= 4 is 33.3 Å². The van der Waals surface area contributed by atoms with Crippen molar-refractivity contribution in [1.29, 1.82) is 0 Å². The number of hydrogen-bond acceptors (Lipinski definition) is 2. The second-order valence-corrected chi connectivity index (χ2v) is 5.72. The van der Waals surface area contributed by atoms with Gasteiger partial charge < -0.3 is 4.90 Å². The van der Waals surface area contributed by atoms with Gasteiger partial charge in [-0.05, 0) is 30.5 Å². The maximum absolute atomic E-state index is 12.0. The molecular formula is C14H16BrNO2. The molecule has 1 aromatic rings. The first-order valence-corrected chi connectivity index (χ1v) is 6.99. The third kappa shape index (κ3) is 2.34. The van der Waals surface area contributed by atoms with Gasteiger partial charge in [-0.3, -0.25) is 9.59 Å². The van der Waals surface area contributed by atoms with Gasteiger partial charge in [0.2, 0.25) is 0 Å². The molecular weight excluding hydrogens is 294 g/mol. The van der Waals surface area contributed by atoms with Gasteiger partial charge in [0, 0.05) is 11.0 Å². The fourth-order valence-corrected chi connectivity index (χ4v) is 2.69. The van der Waals surface area contributed by atoms with E-state index < -0.39 is 5.91 Å². The van der Waals surface area contributed by atoms with Gasteiger partial charge in [-0.1, -0.05) is 36.2 Å². The van der Waals surface area contributed by atoms with Crippen LogP contribution in [0.2, 0.25) is 0 Å². The van der Waals surface area contributed by atoms with Crippen molar-refractivity contribution in [3.8, 4) is 0 Å². The minimum atomic E-state index is -0.397. The topological polar surface area (TPSA) is 37.4 Å². The number of nitrogens with zero attached hydrogens (tertiary/aromatic N) is 1. The van der Waals surface area contributed by atoms with Crippen molar-refractivity contribution in [2.24, 2.45) is 5.92 Å². The van der Waals surface area contributed by atoms with Gasteiger partial charge in [0.05, 0.1) is 11.3 Å². The van der Waals surface area contributed by atoms with E-state index in [0.29, 0.717) is 18.0 Å². The molecule has 0 aliphatic carbocycles. The zero-order valence-electron chi connectivity index (χ0n) is 10.6. The molecule has 0 fully saturated rings. The van der Waals surface area contributed by atoms with E-state index in [1.54, 1.807) is 17.0 Å². The molecule has 1 aromatic carbocycles. The molecule has 4 heteroatoms. The highest BCUT2D eigenvalue weighted by atomic mass is 79.9. The zero-order chi connectivity index (χ0) is 13.3. The number of carbonyl (C=O) groups is 2. The molecule has 96 valence electrons. The van der Waals surface area contributed by atoms with E-state index in [4.69, 9.17) is 0 Å². The second-order valence-electron chi connectivity index (χ2n) is 4.80. The van der Waals surface area contributed by atoms with Crippen LogP contribution < -0.4 is 4.90 Å². The lowest BCUT2D eigenvalue weighted by molar-refractivity contribution is -0.114. The van der Waals surface area contributed by atoms with Gasteiger partial charge in [0.15, 0.2) is 0 Å². The van der Waals surface area contributed by atoms with Crippen molar-refractivity contribution in [2.75, 3.05) is 11.4 Å². The molecule has 3 nitrogen and oxygen atoms in total. The van der Waals surface area contributed by atoms with Crippen LogP contribution in [-0.4, -0.2) is 18.2 Å². The Kier molecular flexibility index (Phi) is 3.85. The minimum absolute atomic E-state index is 0.388. The average Bonchev–Trinajstić information content (AvgIpc) is 2.55. The quantitative estimate of drug-likeness (QED) is 0.799. The third-order valence-electron chi connectivity index (χ3n) is 3.21. The molecule has 18 heavy (non-hydrogen) atoms. The van der Waals surface area contributed by atoms with E-state index in [-0.39, 0.29) is 5.78 Å². The van der Waals surface area contributed by atoms with Gasteiger partial charge in [-0.15, -0.1) is 0 Å². The molecule has 0 bridgehead atoms. The monoisotopic (exact) mass is 309 g/mol. The lowest BCUT2D eigenvalue weighted by Gasteiger charge is -2.21. The Balaban J connectivity index is 2.30. The number of rotatable bonds is 4. The number of benzene rings is 1. The van der Waals surface area contributed by atoms with E-state index in [2.05, 4.69) is 29.8 Å². The number of Topliss-reactive ketones (excluding diaryl/α,β-unsaturated/α-hetero) is 1. The predicted octanol–water partition coefficient (Wildman–Crippen LogP) is 3.41. The largest absolute Gasteiger partial charge is 0.304 e. The Bertz CT molecular complexity index is 499. The molecule has 1 aliphatic heterocycles. The van der Waals surface area contributed by atoms with Gasteiger partial charge in [0.25, 0.3) is 11.7 Å². The summed E-state index contributed by atoms with van der Waals surface area (Å²) in [6, 6.07) is 5.35. The van der Waals surface area contributed by atoms with E-state index in [0.717, 1.165) is 23.0 Å². The Morgan fingerprint density at radius 3 is 2.72 bits per heavy atom. The van der Waals surface area contributed by atoms with Gasteiger partial charge in [-0.2, -0.15) is 0 Å². The highest BCUT2D eigenvalue weighted by Gasteiger charge is 2.36. The third-order valence-corrected chi connectivity index (χ3v) is 3.70. The molecule has 0 spiro atoms. The number of ketones is 1. The molecule has 1 unspecified atom stereocenters. The summed E-state index contributed by atoms with van der Waals surface area (Å²) < 4.78 is 0.886. The summed E-state index contributed by atoms with van der Waals surface area (Å²) in [6.07, 6.45) is 2.14. The Hall–Kier alpha value is -1.16. The summed E-state index contributed by atoms with van der Waals surface area (Å²) in [4.78, 5) is 25.4. The molecule has 0 saturated carbocycles. The van der Waals surface area contributed by atoms with Crippen LogP contribution in [0, 0.1) is 5.92 Å². The minimum Gasteiger partial charge on any atom is -0.304 e. The first-order chi connectivity index (χ1) is 8.54. The second kappa shape index (κ2) is 5.22. The maximum atomic E-state index is 12.0. The van der Waals surface area contributed by atoms with E-state index in [1.807, 2.05) is 6.07 Å². The van der Waals surface area contributed by atoms with E-state index in [9.17, 15) is 9.59 Å². The van der Waals surface area contributed by atoms with Crippen LogP contribution in [0.5, 0.6) is 0 Å². The standard InChI is InChI=1S/C14H16BrNO2/c1-3-4-9(2)8-16-12-7-10(15)5-6-11(12)13(17)14(16)18/h5-7,9H,3-4,8H2,1-2H3. The smallest absolute Gasteiger partial charge is 0.299 e. The van der Waals surface area contributed by atoms with Gasteiger partial charge >= 0.3 is 0 Å².